The van der Waals surface area contributed by atoms with Gasteiger partial charge in [-0.1, -0.05) is 24.3 Å². The van der Waals surface area contributed by atoms with Gasteiger partial charge < -0.3 is 4.90 Å². The molecule has 4 nitrogen and oxygen atoms in total. The average molecular weight is 763 g/mol. The minimum atomic E-state index is 0.635. The summed E-state index contributed by atoms with van der Waals surface area (Å²) in [5.74, 6) is 0.871. The monoisotopic (exact) mass is 762 g/mol. The highest BCUT2D eigenvalue weighted by molar-refractivity contribution is 5.99. The fourth-order valence-corrected chi connectivity index (χ4v) is 10.4. The first kappa shape index (κ1) is 39.2. The van der Waals surface area contributed by atoms with E-state index in [0.717, 1.165) is 35.5 Å². The van der Waals surface area contributed by atoms with E-state index < -0.39 is 0 Å². The summed E-state index contributed by atoms with van der Waals surface area (Å²) < 4.78 is 0. The molecule has 5 aromatic carbocycles. The minimum absolute atomic E-state index is 0.635. The molecular formula is C54H58N4. The third-order valence-electron chi connectivity index (χ3n) is 15.4. The lowest BCUT2D eigenvalue weighted by Gasteiger charge is -2.41. The van der Waals surface area contributed by atoms with Crippen molar-refractivity contribution >= 4 is 39.9 Å². The summed E-state index contributed by atoms with van der Waals surface area (Å²) in [4.78, 5) is 14.8. The predicted molar refractivity (Wildman–Crippen MR) is 247 cm³/mol. The first-order chi connectivity index (χ1) is 27.4. The summed E-state index contributed by atoms with van der Waals surface area (Å²) in [7, 11) is 0. The molecular weight excluding hydrogens is 705 g/mol. The Balaban J connectivity index is 1.54. The van der Waals surface area contributed by atoms with Crippen molar-refractivity contribution in [2.45, 2.75) is 124 Å². The molecule has 294 valence electrons. The number of nitrogens with zero attached hydrogens (tertiary/aromatic N) is 4. The van der Waals surface area contributed by atoms with Gasteiger partial charge in [-0.15, -0.1) is 0 Å². The van der Waals surface area contributed by atoms with Crippen LogP contribution in [0.4, 0.5) is 39.9 Å². The molecule has 4 heteroatoms. The van der Waals surface area contributed by atoms with E-state index in [1.54, 1.807) is 0 Å². The number of benzene rings is 5. The second kappa shape index (κ2) is 13.7. The maximum absolute atomic E-state index is 8.43. The van der Waals surface area contributed by atoms with Gasteiger partial charge in [0, 0.05) is 18.4 Å². The quantitative estimate of drug-likeness (QED) is 0.168. The van der Waals surface area contributed by atoms with E-state index in [4.69, 9.17) is 11.6 Å². The Hall–Kier alpha value is -5.66. The van der Waals surface area contributed by atoms with Crippen LogP contribution in [0.1, 0.15) is 111 Å². The normalized spacial score (nSPS) is 12.9. The van der Waals surface area contributed by atoms with E-state index >= 15 is 0 Å². The molecule has 0 radical (unpaired) electrons. The lowest BCUT2D eigenvalue weighted by atomic mass is 9.80. The molecule has 0 saturated carbocycles. The number of anilines is 6. The van der Waals surface area contributed by atoms with Crippen molar-refractivity contribution in [1.29, 1.82) is 0 Å². The lowest BCUT2D eigenvalue weighted by molar-refractivity contribution is 0.979. The third-order valence-corrected chi connectivity index (χ3v) is 15.4. The van der Waals surface area contributed by atoms with Crippen LogP contribution in [-0.2, 0) is 12.8 Å². The molecule has 58 heavy (non-hydrogen) atoms. The summed E-state index contributed by atoms with van der Waals surface area (Å²) in [5.41, 5.74) is 35.4. The molecule has 0 spiro atoms. The molecule has 1 aromatic heterocycles. The highest BCUT2D eigenvalue weighted by atomic mass is 15.2. The fraction of sp³-hybridized carbons (Fsp3) is 0.333. The standard InChI is InChI=1S/C54H58N4/c1-26-30(5)38(13)51-43(34(26)9)22-44-35(10)27(2)31(6)39(14)52(44)57(51)49-25-56-50(24-47(49)42-20-18-19-21-48(42)55-17)58-53-40(15)32(7)28(3)36(11)45(53)23-46-37(12)29(4)33(8)41(16)54(46)58/h18-21,24-25H,22-23H2,1-16H3. The molecule has 0 amide bonds. The van der Waals surface area contributed by atoms with Gasteiger partial charge in [0.1, 0.15) is 5.82 Å². The molecule has 0 saturated heterocycles. The van der Waals surface area contributed by atoms with E-state index in [9.17, 15) is 0 Å². The molecule has 2 aliphatic heterocycles. The van der Waals surface area contributed by atoms with Gasteiger partial charge in [-0.25, -0.2) is 9.83 Å². The molecule has 8 rings (SSSR count). The summed E-state index contributed by atoms with van der Waals surface area (Å²) in [6.07, 6.45) is 3.90. The topological polar surface area (TPSA) is 23.7 Å². The minimum Gasteiger partial charge on any atom is -0.307 e. The van der Waals surface area contributed by atoms with Crippen molar-refractivity contribution in [2.24, 2.45) is 0 Å². The average Bonchev–Trinajstić information content (AvgIpc) is 3.23. The van der Waals surface area contributed by atoms with Gasteiger partial charge in [0.05, 0.1) is 41.2 Å². The van der Waals surface area contributed by atoms with Crippen LogP contribution in [0.3, 0.4) is 0 Å². The van der Waals surface area contributed by atoms with Crippen LogP contribution in [0.5, 0.6) is 0 Å². The maximum Gasteiger partial charge on any atom is 0.194 e. The second-order valence-corrected chi connectivity index (χ2v) is 17.5. The Bertz CT molecular complexity index is 2720. The van der Waals surface area contributed by atoms with Crippen molar-refractivity contribution in [2.75, 3.05) is 9.80 Å². The molecule has 0 bridgehead atoms. The van der Waals surface area contributed by atoms with E-state index in [2.05, 4.69) is 150 Å². The van der Waals surface area contributed by atoms with Crippen LogP contribution < -0.4 is 9.80 Å². The van der Waals surface area contributed by atoms with Crippen molar-refractivity contribution in [3.63, 3.8) is 0 Å². The second-order valence-electron chi connectivity index (χ2n) is 17.5. The molecule has 6 aromatic rings. The first-order valence-electron chi connectivity index (χ1n) is 20.9. The van der Waals surface area contributed by atoms with Crippen LogP contribution in [0.15, 0.2) is 36.5 Å². The van der Waals surface area contributed by atoms with Crippen molar-refractivity contribution < 1.29 is 0 Å². The van der Waals surface area contributed by atoms with Crippen LogP contribution in [0.2, 0.25) is 0 Å². The smallest absolute Gasteiger partial charge is 0.194 e. The zero-order chi connectivity index (χ0) is 42.0. The summed E-state index contributed by atoms with van der Waals surface area (Å²) in [5, 5.41) is 0. The van der Waals surface area contributed by atoms with Gasteiger partial charge in [-0.2, -0.15) is 0 Å². The Morgan fingerprint density at radius 1 is 0.431 bits per heavy atom. The van der Waals surface area contributed by atoms with Crippen LogP contribution in [-0.4, -0.2) is 4.98 Å². The van der Waals surface area contributed by atoms with Crippen LogP contribution in [0.25, 0.3) is 16.0 Å². The molecule has 0 unspecified atom stereocenters. The highest BCUT2D eigenvalue weighted by Gasteiger charge is 2.37. The van der Waals surface area contributed by atoms with Gasteiger partial charge in [0.25, 0.3) is 0 Å². The largest absolute Gasteiger partial charge is 0.307 e. The van der Waals surface area contributed by atoms with Crippen LogP contribution in [0, 0.1) is 117 Å². The fourth-order valence-electron chi connectivity index (χ4n) is 10.4. The lowest BCUT2D eigenvalue weighted by Crippen LogP contribution is -2.26. The van der Waals surface area contributed by atoms with Gasteiger partial charge in [0.15, 0.2) is 5.69 Å². The van der Waals surface area contributed by atoms with Gasteiger partial charge >= 0.3 is 0 Å². The Labute approximate surface area is 347 Å². The number of hydrogen-bond acceptors (Lipinski definition) is 3. The Kier molecular flexibility index (Phi) is 9.28. The Morgan fingerprint density at radius 3 is 1.16 bits per heavy atom. The molecule has 0 aliphatic carbocycles. The zero-order valence-electron chi connectivity index (χ0n) is 37.7. The van der Waals surface area contributed by atoms with Crippen molar-refractivity contribution in [3.05, 3.63) is 159 Å². The third kappa shape index (κ3) is 5.28. The molecule has 0 fully saturated rings. The Morgan fingerprint density at radius 2 is 0.776 bits per heavy atom. The summed E-state index contributed by atoms with van der Waals surface area (Å²) >= 11 is 0. The number of aromatic nitrogens is 1. The SMILES string of the molecule is [C-]#[N+]c1ccccc1-c1cc(N2c3c(C)c(C)c(C)c(C)c3Cc3c(C)c(C)c(C)c(C)c32)ncc1N1c2c(C)c(C)c(C)c(C)c2Cc2c(C)c(C)c(C)c(C)c21. The number of hydrogen-bond donors (Lipinski definition) is 0. The van der Waals surface area contributed by atoms with E-state index in [1.807, 2.05) is 12.1 Å². The maximum atomic E-state index is 8.43. The first-order valence-corrected chi connectivity index (χ1v) is 20.9. The number of para-hydroxylation sites is 1. The van der Waals surface area contributed by atoms with Crippen LogP contribution >= 0.6 is 0 Å². The van der Waals surface area contributed by atoms with E-state index in [-0.39, 0.29) is 0 Å². The van der Waals surface area contributed by atoms with Crippen molar-refractivity contribution in [3.8, 4) is 11.1 Å². The number of fused-ring (bicyclic) bond motifs is 4. The van der Waals surface area contributed by atoms with Gasteiger partial charge in [-0.05, 0) is 234 Å². The number of pyridine rings is 1. The van der Waals surface area contributed by atoms with E-state index in [0.29, 0.717) is 5.69 Å². The summed E-state index contributed by atoms with van der Waals surface area (Å²) in [6.45, 7) is 45.0. The zero-order valence-corrected chi connectivity index (χ0v) is 37.7. The van der Waals surface area contributed by atoms with Gasteiger partial charge in [-0.3, -0.25) is 4.90 Å². The van der Waals surface area contributed by atoms with Crippen molar-refractivity contribution in [1.82, 2.24) is 4.98 Å². The molecule has 2 aliphatic rings. The predicted octanol–water partition coefficient (Wildman–Crippen LogP) is 15.0. The molecule has 0 atom stereocenters. The number of rotatable bonds is 3. The van der Waals surface area contributed by atoms with E-state index in [1.165, 1.54) is 134 Å². The molecule has 3 heterocycles. The molecule has 0 N–H and O–H groups in total. The summed E-state index contributed by atoms with van der Waals surface area (Å²) in [6, 6.07) is 10.4. The highest BCUT2D eigenvalue weighted by Crippen LogP contribution is 2.56. The van der Waals surface area contributed by atoms with Gasteiger partial charge in [0.2, 0.25) is 0 Å².